The van der Waals surface area contributed by atoms with Crippen molar-refractivity contribution in [3.8, 4) is 0 Å². The summed E-state index contributed by atoms with van der Waals surface area (Å²) in [6.07, 6.45) is 0. The van der Waals surface area contributed by atoms with Crippen molar-refractivity contribution in [1.29, 1.82) is 0 Å². The quantitative estimate of drug-likeness (QED) is 0.644. The van der Waals surface area contributed by atoms with E-state index in [0.717, 1.165) is 37.4 Å². The molecule has 3 aromatic rings. The number of anilines is 2. The molecule has 0 radical (unpaired) electrons. The Morgan fingerprint density at radius 1 is 0.903 bits per heavy atom. The van der Waals surface area contributed by atoms with Crippen molar-refractivity contribution >= 4 is 28.5 Å². The van der Waals surface area contributed by atoms with Crippen LogP contribution in [0.3, 0.4) is 0 Å². The fourth-order valence-corrected chi connectivity index (χ4v) is 4.42. The number of morpholine rings is 1. The smallest absolute Gasteiger partial charge is 0.258 e. The Bertz CT molecular complexity index is 1080. The monoisotopic (exact) mass is 421 g/mol. The van der Waals surface area contributed by atoms with E-state index in [4.69, 9.17) is 14.1 Å². The van der Waals surface area contributed by atoms with E-state index in [1.165, 1.54) is 5.69 Å². The molecule has 2 fully saturated rings. The number of nitrogens with zero attached hydrogens (tertiary/aromatic N) is 5. The maximum absolute atomic E-state index is 13.6. The summed E-state index contributed by atoms with van der Waals surface area (Å²) in [6, 6.07) is 10.3. The van der Waals surface area contributed by atoms with Crippen LogP contribution in [0.5, 0.6) is 0 Å². The van der Waals surface area contributed by atoms with Gasteiger partial charge in [0, 0.05) is 45.0 Å². The van der Waals surface area contributed by atoms with Gasteiger partial charge in [-0.05, 0) is 26.0 Å². The number of aryl methyl sites for hydroxylation is 2. The van der Waals surface area contributed by atoms with Crippen LogP contribution in [-0.4, -0.2) is 73.3 Å². The second-order valence-corrected chi connectivity index (χ2v) is 8.02. The Morgan fingerprint density at radius 2 is 1.61 bits per heavy atom. The molecule has 0 saturated carbocycles. The Balaban J connectivity index is 1.44. The van der Waals surface area contributed by atoms with Crippen LogP contribution in [-0.2, 0) is 4.74 Å². The number of benzene rings is 1. The predicted molar refractivity (Wildman–Crippen MR) is 119 cm³/mol. The molecule has 0 unspecified atom stereocenters. The first-order chi connectivity index (χ1) is 15.1. The first kappa shape index (κ1) is 19.8. The molecule has 2 aliphatic heterocycles. The number of carbonyl (C=O) groups is 1. The van der Waals surface area contributed by atoms with Crippen molar-refractivity contribution in [2.24, 2.45) is 0 Å². The summed E-state index contributed by atoms with van der Waals surface area (Å²) in [7, 11) is 0. The van der Waals surface area contributed by atoms with E-state index < -0.39 is 0 Å². The molecule has 8 heteroatoms. The SMILES string of the molecule is Cc1nc(N2CCOCC2)c2c(C(=O)N3CCN(c4ccccc4)CC3)c(C)oc2n1. The topological polar surface area (TPSA) is 74.9 Å². The third kappa shape index (κ3) is 3.72. The lowest BCUT2D eigenvalue weighted by molar-refractivity contribution is 0.0746. The number of furan rings is 1. The molecule has 4 heterocycles. The average Bonchev–Trinajstić information content (AvgIpc) is 3.14. The number of carbonyl (C=O) groups excluding carboxylic acids is 1. The third-order valence-corrected chi connectivity index (χ3v) is 6.03. The standard InChI is InChI=1S/C23H27N5O3/c1-16-19(23(29)28-10-8-26(9-11-28)18-6-4-3-5-7-18)20-21(27-12-14-30-15-13-27)24-17(2)25-22(20)31-16/h3-7H,8-15H2,1-2H3. The highest BCUT2D eigenvalue weighted by Gasteiger charge is 2.30. The van der Waals surface area contributed by atoms with Crippen molar-refractivity contribution < 1.29 is 13.9 Å². The van der Waals surface area contributed by atoms with Gasteiger partial charge < -0.3 is 23.9 Å². The summed E-state index contributed by atoms with van der Waals surface area (Å²) < 4.78 is 11.4. The molecule has 0 aliphatic carbocycles. The fourth-order valence-electron chi connectivity index (χ4n) is 4.42. The molecule has 0 bridgehead atoms. The van der Waals surface area contributed by atoms with Crippen LogP contribution >= 0.6 is 0 Å². The van der Waals surface area contributed by atoms with Crippen molar-refractivity contribution in [3.05, 3.63) is 47.5 Å². The van der Waals surface area contributed by atoms with Crippen LogP contribution in [0.2, 0.25) is 0 Å². The van der Waals surface area contributed by atoms with Gasteiger partial charge in [-0.3, -0.25) is 4.79 Å². The number of hydrogen-bond acceptors (Lipinski definition) is 7. The lowest BCUT2D eigenvalue weighted by Crippen LogP contribution is -2.49. The minimum absolute atomic E-state index is 0.00840. The lowest BCUT2D eigenvalue weighted by Gasteiger charge is -2.36. The van der Waals surface area contributed by atoms with Gasteiger partial charge in [0.05, 0.1) is 24.2 Å². The number of rotatable bonds is 3. The molecule has 5 rings (SSSR count). The normalized spacial score (nSPS) is 17.4. The molecule has 0 spiro atoms. The summed E-state index contributed by atoms with van der Waals surface area (Å²) in [6.45, 7) is 9.39. The number of amides is 1. The highest BCUT2D eigenvalue weighted by Crippen LogP contribution is 2.33. The largest absolute Gasteiger partial charge is 0.442 e. The minimum atomic E-state index is -0.00840. The van der Waals surface area contributed by atoms with Crippen LogP contribution in [0.25, 0.3) is 11.1 Å². The van der Waals surface area contributed by atoms with E-state index in [-0.39, 0.29) is 5.91 Å². The van der Waals surface area contributed by atoms with Gasteiger partial charge >= 0.3 is 0 Å². The van der Waals surface area contributed by atoms with Gasteiger partial charge in [0.25, 0.3) is 5.91 Å². The van der Waals surface area contributed by atoms with Gasteiger partial charge in [0.2, 0.25) is 5.71 Å². The molecule has 2 saturated heterocycles. The number of piperazine rings is 1. The molecular formula is C23H27N5O3. The fraction of sp³-hybridized carbons (Fsp3) is 0.435. The van der Waals surface area contributed by atoms with Crippen LogP contribution in [0.4, 0.5) is 11.5 Å². The minimum Gasteiger partial charge on any atom is -0.442 e. The lowest BCUT2D eigenvalue weighted by atomic mass is 10.1. The number of hydrogen-bond donors (Lipinski definition) is 0. The second-order valence-electron chi connectivity index (χ2n) is 8.02. The molecule has 1 aromatic carbocycles. The van der Waals surface area contributed by atoms with Crippen molar-refractivity contribution in [2.75, 3.05) is 62.3 Å². The summed E-state index contributed by atoms with van der Waals surface area (Å²) in [4.78, 5) is 29.2. The van der Waals surface area contributed by atoms with E-state index in [9.17, 15) is 4.79 Å². The summed E-state index contributed by atoms with van der Waals surface area (Å²) >= 11 is 0. The molecule has 162 valence electrons. The van der Waals surface area contributed by atoms with Gasteiger partial charge in [-0.25, -0.2) is 4.98 Å². The highest BCUT2D eigenvalue weighted by molar-refractivity contribution is 6.10. The van der Waals surface area contributed by atoms with Crippen LogP contribution < -0.4 is 9.80 Å². The van der Waals surface area contributed by atoms with Gasteiger partial charge in [0.15, 0.2) is 0 Å². The zero-order valence-electron chi connectivity index (χ0n) is 18.0. The van der Waals surface area contributed by atoms with E-state index in [0.29, 0.717) is 49.2 Å². The Kier molecular flexibility index (Phi) is 5.23. The van der Waals surface area contributed by atoms with Gasteiger partial charge in [-0.15, -0.1) is 0 Å². The van der Waals surface area contributed by atoms with E-state index in [1.807, 2.05) is 36.9 Å². The third-order valence-electron chi connectivity index (χ3n) is 6.03. The number of fused-ring (bicyclic) bond motifs is 1. The zero-order valence-corrected chi connectivity index (χ0v) is 18.0. The van der Waals surface area contributed by atoms with E-state index in [1.54, 1.807) is 0 Å². The first-order valence-corrected chi connectivity index (χ1v) is 10.8. The Hall–Kier alpha value is -3.13. The van der Waals surface area contributed by atoms with Crippen LogP contribution in [0, 0.1) is 13.8 Å². The van der Waals surface area contributed by atoms with Gasteiger partial charge in [-0.1, -0.05) is 18.2 Å². The van der Waals surface area contributed by atoms with Crippen LogP contribution in [0.15, 0.2) is 34.7 Å². The Morgan fingerprint density at radius 3 is 2.32 bits per heavy atom. The molecule has 0 atom stereocenters. The number of aromatic nitrogens is 2. The molecule has 2 aromatic heterocycles. The van der Waals surface area contributed by atoms with Gasteiger partial charge in [-0.2, -0.15) is 4.98 Å². The maximum atomic E-state index is 13.6. The van der Waals surface area contributed by atoms with E-state index >= 15 is 0 Å². The number of ether oxygens (including phenoxy) is 1. The molecule has 1 amide bonds. The predicted octanol–water partition coefficient (Wildman–Crippen LogP) is 2.64. The second kappa shape index (κ2) is 8.19. The molecular weight excluding hydrogens is 394 g/mol. The number of para-hydroxylation sites is 1. The molecule has 31 heavy (non-hydrogen) atoms. The first-order valence-electron chi connectivity index (χ1n) is 10.8. The molecule has 0 N–H and O–H groups in total. The van der Waals surface area contributed by atoms with Crippen molar-refractivity contribution in [2.45, 2.75) is 13.8 Å². The van der Waals surface area contributed by atoms with Crippen molar-refractivity contribution in [3.63, 3.8) is 0 Å². The average molecular weight is 422 g/mol. The summed E-state index contributed by atoms with van der Waals surface area (Å²) in [5.74, 6) is 2.00. The van der Waals surface area contributed by atoms with Crippen molar-refractivity contribution in [1.82, 2.24) is 14.9 Å². The molecule has 2 aliphatic rings. The van der Waals surface area contributed by atoms with E-state index in [2.05, 4.69) is 26.9 Å². The Labute approximate surface area is 181 Å². The maximum Gasteiger partial charge on any atom is 0.258 e. The summed E-state index contributed by atoms with van der Waals surface area (Å²) in [5.41, 5.74) is 2.26. The van der Waals surface area contributed by atoms with Gasteiger partial charge in [0.1, 0.15) is 17.4 Å². The van der Waals surface area contributed by atoms with Crippen LogP contribution in [0.1, 0.15) is 21.9 Å². The highest BCUT2D eigenvalue weighted by atomic mass is 16.5. The zero-order chi connectivity index (χ0) is 21.4. The summed E-state index contributed by atoms with van der Waals surface area (Å²) in [5, 5.41) is 0.723. The molecule has 8 nitrogen and oxygen atoms in total.